The number of anilines is 1. The number of ether oxygens (including phenoxy) is 1. The molecule has 2 aromatic rings. The molecule has 1 aromatic heterocycles. The Morgan fingerprint density at radius 2 is 2.06 bits per heavy atom. The standard InChI is InChI=1S/C12H11N3O3/c1-8-2-3-11(7-14-8)18-12-5-9(13)4-10(6-12)15(16)17/h2-7H,13H2,1H3. The molecule has 0 aliphatic rings. The fourth-order valence-corrected chi connectivity index (χ4v) is 1.42. The van der Waals surface area contributed by atoms with Crippen molar-refractivity contribution in [1.82, 2.24) is 4.98 Å². The van der Waals surface area contributed by atoms with Crippen LogP contribution in [0.25, 0.3) is 0 Å². The van der Waals surface area contributed by atoms with E-state index in [4.69, 9.17) is 10.5 Å². The van der Waals surface area contributed by atoms with E-state index in [-0.39, 0.29) is 11.4 Å². The van der Waals surface area contributed by atoms with Crippen molar-refractivity contribution in [3.8, 4) is 11.5 Å². The van der Waals surface area contributed by atoms with E-state index < -0.39 is 4.92 Å². The SMILES string of the molecule is Cc1ccc(Oc2cc(N)cc([N+](=O)[O-])c2)cn1. The lowest BCUT2D eigenvalue weighted by molar-refractivity contribution is -0.384. The van der Waals surface area contributed by atoms with Crippen LogP contribution >= 0.6 is 0 Å². The van der Waals surface area contributed by atoms with Gasteiger partial charge in [0.05, 0.1) is 17.2 Å². The van der Waals surface area contributed by atoms with Gasteiger partial charge >= 0.3 is 0 Å². The summed E-state index contributed by atoms with van der Waals surface area (Å²) in [5.74, 6) is 0.813. The van der Waals surface area contributed by atoms with Crippen molar-refractivity contribution in [3.05, 3.63) is 52.3 Å². The Labute approximate surface area is 103 Å². The molecular weight excluding hydrogens is 234 g/mol. The number of hydrogen-bond acceptors (Lipinski definition) is 5. The van der Waals surface area contributed by atoms with Gasteiger partial charge in [-0.2, -0.15) is 0 Å². The van der Waals surface area contributed by atoms with Crippen LogP contribution in [0.1, 0.15) is 5.69 Å². The molecule has 0 saturated carbocycles. The number of non-ortho nitro benzene ring substituents is 1. The van der Waals surface area contributed by atoms with Crippen LogP contribution < -0.4 is 10.5 Å². The van der Waals surface area contributed by atoms with Crippen LogP contribution in [0, 0.1) is 17.0 Å². The Balaban J connectivity index is 2.28. The molecule has 6 heteroatoms. The van der Waals surface area contributed by atoms with Gasteiger partial charge in [0.25, 0.3) is 5.69 Å². The van der Waals surface area contributed by atoms with E-state index in [2.05, 4.69) is 4.98 Å². The second kappa shape index (κ2) is 4.70. The van der Waals surface area contributed by atoms with Gasteiger partial charge in [0, 0.05) is 23.5 Å². The Bertz CT molecular complexity index is 582. The highest BCUT2D eigenvalue weighted by Gasteiger charge is 2.09. The molecule has 18 heavy (non-hydrogen) atoms. The zero-order chi connectivity index (χ0) is 13.1. The minimum absolute atomic E-state index is 0.106. The van der Waals surface area contributed by atoms with E-state index >= 15 is 0 Å². The van der Waals surface area contributed by atoms with Crippen LogP contribution in [0.2, 0.25) is 0 Å². The monoisotopic (exact) mass is 245 g/mol. The Morgan fingerprint density at radius 1 is 1.28 bits per heavy atom. The molecule has 92 valence electrons. The summed E-state index contributed by atoms with van der Waals surface area (Å²) in [7, 11) is 0. The smallest absolute Gasteiger partial charge is 0.275 e. The Morgan fingerprint density at radius 3 is 2.67 bits per heavy atom. The number of nitrogens with zero attached hydrogens (tertiary/aromatic N) is 2. The number of pyridine rings is 1. The number of benzene rings is 1. The zero-order valence-electron chi connectivity index (χ0n) is 9.66. The van der Waals surface area contributed by atoms with Crippen LogP contribution in [0.4, 0.5) is 11.4 Å². The Kier molecular flexibility index (Phi) is 3.09. The third-order valence-electron chi connectivity index (χ3n) is 2.24. The van der Waals surface area contributed by atoms with Crippen molar-refractivity contribution in [2.75, 3.05) is 5.73 Å². The fraction of sp³-hybridized carbons (Fsp3) is 0.0833. The number of aromatic nitrogens is 1. The zero-order valence-corrected chi connectivity index (χ0v) is 9.66. The first-order chi connectivity index (χ1) is 8.54. The number of nitro groups is 1. The first-order valence-electron chi connectivity index (χ1n) is 5.20. The van der Waals surface area contributed by atoms with E-state index in [9.17, 15) is 10.1 Å². The maximum atomic E-state index is 10.7. The second-order valence-electron chi connectivity index (χ2n) is 3.75. The first kappa shape index (κ1) is 11.8. The second-order valence-corrected chi connectivity index (χ2v) is 3.75. The molecule has 1 aromatic carbocycles. The molecule has 0 spiro atoms. The highest BCUT2D eigenvalue weighted by molar-refractivity contribution is 5.54. The van der Waals surface area contributed by atoms with Gasteiger partial charge in [0.15, 0.2) is 0 Å². The fourth-order valence-electron chi connectivity index (χ4n) is 1.42. The third kappa shape index (κ3) is 2.73. The van der Waals surface area contributed by atoms with E-state index in [0.717, 1.165) is 5.69 Å². The largest absolute Gasteiger partial charge is 0.455 e. The molecule has 0 radical (unpaired) electrons. The van der Waals surface area contributed by atoms with E-state index in [0.29, 0.717) is 11.5 Å². The van der Waals surface area contributed by atoms with Gasteiger partial charge in [-0.05, 0) is 19.1 Å². The van der Waals surface area contributed by atoms with E-state index in [1.54, 1.807) is 18.3 Å². The molecule has 6 nitrogen and oxygen atoms in total. The molecule has 0 saturated heterocycles. The molecule has 0 aliphatic heterocycles. The predicted octanol–water partition coefficient (Wildman–Crippen LogP) is 2.67. The topological polar surface area (TPSA) is 91.3 Å². The lowest BCUT2D eigenvalue weighted by Crippen LogP contribution is -1.94. The average Bonchev–Trinajstić information content (AvgIpc) is 2.31. The van der Waals surface area contributed by atoms with Crippen molar-refractivity contribution in [2.45, 2.75) is 6.92 Å². The molecular formula is C12H11N3O3. The van der Waals surface area contributed by atoms with E-state index in [1.807, 2.05) is 6.92 Å². The lowest BCUT2D eigenvalue weighted by Gasteiger charge is -2.06. The highest BCUT2D eigenvalue weighted by Crippen LogP contribution is 2.27. The van der Waals surface area contributed by atoms with Crippen molar-refractivity contribution < 1.29 is 9.66 Å². The summed E-state index contributed by atoms with van der Waals surface area (Å²) in [6.45, 7) is 1.86. The van der Waals surface area contributed by atoms with Gasteiger partial charge in [-0.25, -0.2) is 0 Å². The summed E-state index contributed by atoms with van der Waals surface area (Å²) in [6, 6.07) is 7.64. The first-order valence-corrected chi connectivity index (χ1v) is 5.20. The summed E-state index contributed by atoms with van der Waals surface area (Å²) in [4.78, 5) is 14.2. The number of nitro benzene ring substituents is 1. The summed E-state index contributed by atoms with van der Waals surface area (Å²) in [5.41, 5.74) is 6.61. The minimum Gasteiger partial charge on any atom is -0.455 e. The molecule has 2 rings (SSSR count). The molecule has 0 aliphatic carbocycles. The molecule has 0 bridgehead atoms. The normalized spacial score (nSPS) is 10.1. The van der Waals surface area contributed by atoms with Crippen LogP contribution in [-0.4, -0.2) is 9.91 Å². The van der Waals surface area contributed by atoms with Crippen LogP contribution in [0.5, 0.6) is 11.5 Å². The van der Waals surface area contributed by atoms with Gasteiger partial charge < -0.3 is 10.5 Å². The maximum absolute atomic E-state index is 10.7. The van der Waals surface area contributed by atoms with Gasteiger partial charge in [-0.15, -0.1) is 0 Å². The number of aryl methyl sites for hydroxylation is 1. The van der Waals surface area contributed by atoms with Crippen LogP contribution in [-0.2, 0) is 0 Å². The van der Waals surface area contributed by atoms with Crippen molar-refractivity contribution >= 4 is 11.4 Å². The summed E-state index contributed by atoms with van der Waals surface area (Å²) in [6.07, 6.45) is 1.55. The average molecular weight is 245 g/mol. The minimum atomic E-state index is -0.517. The quantitative estimate of drug-likeness (QED) is 0.510. The summed E-state index contributed by atoms with van der Waals surface area (Å²) < 4.78 is 5.46. The van der Waals surface area contributed by atoms with Crippen molar-refractivity contribution in [3.63, 3.8) is 0 Å². The number of nitrogen functional groups attached to an aromatic ring is 1. The number of hydrogen-bond donors (Lipinski definition) is 1. The van der Waals surface area contributed by atoms with Crippen LogP contribution in [0.3, 0.4) is 0 Å². The molecule has 1 heterocycles. The lowest BCUT2D eigenvalue weighted by atomic mass is 10.2. The molecule has 0 atom stereocenters. The van der Waals surface area contributed by atoms with Gasteiger partial charge in [0.2, 0.25) is 0 Å². The molecule has 0 amide bonds. The summed E-state index contributed by atoms with van der Waals surface area (Å²) in [5, 5.41) is 10.7. The van der Waals surface area contributed by atoms with Crippen molar-refractivity contribution in [1.29, 1.82) is 0 Å². The van der Waals surface area contributed by atoms with Crippen LogP contribution in [0.15, 0.2) is 36.5 Å². The van der Waals surface area contributed by atoms with Gasteiger partial charge in [-0.3, -0.25) is 15.1 Å². The van der Waals surface area contributed by atoms with Crippen molar-refractivity contribution in [2.24, 2.45) is 0 Å². The maximum Gasteiger partial charge on any atom is 0.275 e. The molecule has 2 N–H and O–H groups in total. The van der Waals surface area contributed by atoms with Gasteiger partial charge in [-0.1, -0.05) is 0 Å². The highest BCUT2D eigenvalue weighted by atomic mass is 16.6. The number of nitrogens with two attached hydrogens (primary N) is 1. The van der Waals surface area contributed by atoms with E-state index in [1.165, 1.54) is 18.2 Å². The predicted molar refractivity (Wildman–Crippen MR) is 66.6 cm³/mol. The molecule has 0 fully saturated rings. The van der Waals surface area contributed by atoms with Gasteiger partial charge in [0.1, 0.15) is 11.5 Å². The Hall–Kier alpha value is -2.63. The third-order valence-corrected chi connectivity index (χ3v) is 2.24. The number of rotatable bonds is 3. The molecule has 0 unspecified atom stereocenters. The summed E-state index contributed by atoms with van der Waals surface area (Å²) >= 11 is 0.